The first-order chi connectivity index (χ1) is 8.63. The van der Waals surface area contributed by atoms with Gasteiger partial charge >= 0.3 is 0 Å². The van der Waals surface area contributed by atoms with Gasteiger partial charge in [-0.15, -0.1) is 0 Å². The van der Waals surface area contributed by atoms with Gasteiger partial charge in [0.2, 0.25) is 5.91 Å². The largest absolute Gasteiger partial charge is 0.395 e. The van der Waals surface area contributed by atoms with E-state index in [2.05, 4.69) is 0 Å². The summed E-state index contributed by atoms with van der Waals surface area (Å²) < 4.78 is 26.8. The van der Waals surface area contributed by atoms with Crippen LogP contribution in [-0.2, 0) is 11.2 Å². The molecular weight excluding hydrogens is 240 g/mol. The molecule has 0 heterocycles. The first kappa shape index (κ1) is 13.0. The molecule has 2 rings (SSSR count). The molecule has 1 N–H and O–H groups in total. The lowest BCUT2D eigenvalue weighted by atomic mass is 10.1. The van der Waals surface area contributed by atoms with Crippen molar-refractivity contribution >= 4 is 5.91 Å². The van der Waals surface area contributed by atoms with Gasteiger partial charge in [0.05, 0.1) is 13.0 Å². The van der Waals surface area contributed by atoms with Gasteiger partial charge in [0.15, 0.2) is 0 Å². The summed E-state index contributed by atoms with van der Waals surface area (Å²) in [7, 11) is 0. The molecule has 0 atom stereocenters. The van der Waals surface area contributed by atoms with Crippen molar-refractivity contribution in [2.24, 2.45) is 0 Å². The summed E-state index contributed by atoms with van der Waals surface area (Å²) in [5.41, 5.74) is -0.203. The Labute approximate surface area is 104 Å². The Hall–Kier alpha value is -1.49. The predicted molar refractivity (Wildman–Crippen MR) is 61.9 cm³/mol. The summed E-state index contributed by atoms with van der Waals surface area (Å²) in [6, 6.07) is 3.67. The SMILES string of the molecule is O=C(Cc1c(F)cccc1F)N(CCO)C1CC1. The Morgan fingerprint density at radius 1 is 1.33 bits per heavy atom. The molecule has 0 aliphatic heterocycles. The smallest absolute Gasteiger partial charge is 0.227 e. The van der Waals surface area contributed by atoms with Crippen LogP contribution >= 0.6 is 0 Å². The summed E-state index contributed by atoms with van der Waals surface area (Å²) >= 11 is 0. The molecule has 1 amide bonds. The molecule has 5 heteroatoms. The van der Waals surface area contributed by atoms with Crippen LogP contribution in [0.25, 0.3) is 0 Å². The maximum absolute atomic E-state index is 13.4. The van der Waals surface area contributed by atoms with Crippen molar-refractivity contribution in [3.8, 4) is 0 Å². The Kier molecular flexibility index (Phi) is 3.91. The number of carbonyl (C=O) groups excluding carboxylic acids is 1. The van der Waals surface area contributed by atoms with Gasteiger partial charge in [-0.2, -0.15) is 0 Å². The lowest BCUT2D eigenvalue weighted by Crippen LogP contribution is -2.36. The minimum atomic E-state index is -0.705. The van der Waals surface area contributed by atoms with E-state index >= 15 is 0 Å². The van der Waals surface area contributed by atoms with Crippen LogP contribution in [0.3, 0.4) is 0 Å². The van der Waals surface area contributed by atoms with Crippen molar-refractivity contribution in [1.82, 2.24) is 4.90 Å². The lowest BCUT2D eigenvalue weighted by Gasteiger charge is -2.21. The predicted octanol–water partition coefficient (Wildman–Crippen LogP) is 1.49. The van der Waals surface area contributed by atoms with Crippen LogP contribution in [-0.4, -0.2) is 35.1 Å². The summed E-state index contributed by atoms with van der Waals surface area (Å²) in [4.78, 5) is 13.5. The molecule has 0 spiro atoms. The number of aliphatic hydroxyl groups is 1. The second-order valence-corrected chi connectivity index (χ2v) is 4.42. The molecule has 18 heavy (non-hydrogen) atoms. The third-order valence-corrected chi connectivity index (χ3v) is 3.04. The summed E-state index contributed by atoms with van der Waals surface area (Å²) in [6.07, 6.45) is 1.49. The fraction of sp³-hybridized carbons (Fsp3) is 0.462. The number of aliphatic hydroxyl groups excluding tert-OH is 1. The quantitative estimate of drug-likeness (QED) is 0.866. The van der Waals surface area contributed by atoms with E-state index in [-0.39, 0.29) is 37.1 Å². The molecule has 0 aromatic heterocycles. The number of rotatable bonds is 5. The van der Waals surface area contributed by atoms with Crippen LogP contribution in [0.15, 0.2) is 18.2 Å². The number of carbonyl (C=O) groups is 1. The van der Waals surface area contributed by atoms with Crippen LogP contribution in [0.1, 0.15) is 18.4 Å². The zero-order chi connectivity index (χ0) is 13.1. The van der Waals surface area contributed by atoms with Gasteiger partial charge in [-0.25, -0.2) is 8.78 Å². The van der Waals surface area contributed by atoms with Crippen LogP contribution in [0.2, 0.25) is 0 Å². The maximum atomic E-state index is 13.4. The molecular formula is C13H15F2NO2. The molecule has 1 aliphatic rings. The number of benzene rings is 1. The Bertz CT molecular complexity index is 426. The van der Waals surface area contributed by atoms with E-state index in [1.54, 1.807) is 0 Å². The molecule has 0 bridgehead atoms. The van der Waals surface area contributed by atoms with Crippen molar-refractivity contribution in [3.05, 3.63) is 35.4 Å². The minimum absolute atomic E-state index is 0.125. The van der Waals surface area contributed by atoms with Crippen molar-refractivity contribution in [3.63, 3.8) is 0 Å². The van der Waals surface area contributed by atoms with Gasteiger partial charge in [-0.3, -0.25) is 4.79 Å². The number of amides is 1. The Morgan fingerprint density at radius 2 is 1.94 bits per heavy atom. The maximum Gasteiger partial charge on any atom is 0.227 e. The van der Waals surface area contributed by atoms with Gasteiger partial charge in [0.1, 0.15) is 11.6 Å². The van der Waals surface area contributed by atoms with E-state index in [0.717, 1.165) is 25.0 Å². The van der Waals surface area contributed by atoms with Crippen LogP contribution in [0, 0.1) is 11.6 Å². The molecule has 0 radical (unpaired) electrons. The fourth-order valence-corrected chi connectivity index (χ4v) is 1.96. The highest BCUT2D eigenvalue weighted by molar-refractivity contribution is 5.79. The average molecular weight is 255 g/mol. The molecule has 1 aromatic carbocycles. The second-order valence-electron chi connectivity index (χ2n) is 4.42. The zero-order valence-corrected chi connectivity index (χ0v) is 9.90. The van der Waals surface area contributed by atoms with E-state index in [0.29, 0.717) is 0 Å². The molecule has 0 unspecified atom stereocenters. The van der Waals surface area contributed by atoms with Crippen molar-refractivity contribution in [2.75, 3.05) is 13.2 Å². The van der Waals surface area contributed by atoms with E-state index in [1.165, 1.54) is 11.0 Å². The van der Waals surface area contributed by atoms with E-state index in [9.17, 15) is 13.6 Å². The van der Waals surface area contributed by atoms with Gasteiger partial charge in [0, 0.05) is 18.2 Å². The van der Waals surface area contributed by atoms with E-state index < -0.39 is 11.6 Å². The number of hydrogen-bond donors (Lipinski definition) is 1. The highest BCUT2D eigenvalue weighted by Gasteiger charge is 2.32. The van der Waals surface area contributed by atoms with Gasteiger partial charge in [0.25, 0.3) is 0 Å². The van der Waals surface area contributed by atoms with Gasteiger partial charge < -0.3 is 10.0 Å². The van der Waals surface area contributed by atoms with Crippen molar-refractivity contribution in [1.29, 1.82) is 0 Å². The first-order valence-corrected chi connectivity index (χ1v) is 5.96. The monoisotopic (exact) mass is 255 g/mol. The zero-order valence-electron chi connectivity index (χ0n) is 9.90. The first-order valence-electron chi connectivity index (χ1n) is 5.96. The molecule has 1 aromatic rings. The highest BCUT2D eigenvalue weighted by Crippen LogP contribution is 2.27. The summed E-state index contributed by atoms with van der Waals surface area (Å²) in [5, 5.41) is 8.90. The molecule has 0 saturated heterocycles. The average Bonchev–Trinajstić information content (AvgIpc) is 3.15. The third kappa shape index (κ3) is 2.85. The summed E-state index contributed by atoms with van der Waals surface area (Å²) in [6.45, 7) is 0.0849. The number of halogens is 2. The van der Waals surface area contributed by atoms with Crippen molar-refractivity contribution in [2.45, 2.75) is 25.3 Å². The standard InChI is InChI=1S/C13H15F2NO2/c14-11-2-1-3-12(15)10(11)8-13(18)16(6-7-17)9-4-5-9/h1-3,9,17H,4-8H2. The fourth-order valence-electron chi connectivity index (χ4n) is 1.96. The van der Waals surface area contributed by atoms with Crippen LogP contribution in [0.4, 0.5) is 8.78 Å². The Morgan fingerprint density at radius 3 is 2.44 bits per heavy atom. The van der Waals surface area contributed by atoms with E-state index in [4.69, 9.17) is 5.11 Å². The second kappa shape index (κ2) is 5.44. The molecule has 1 aliphatic carbocycles. The topological polar surface area (TPSA) is 40.5 Å². The van der Waals surface area contributed by atoms with Gasteiger partial charge in [-0.05, 0) is 25.0 Å². The minimum Gasteiger partial charge on any atom is -0.395 e. The summed E-state index contributed by atoms with van der Waals surface area (Å²) in [5.74, 6) is -1.75. The van der Waals surface area contributed by atoms with Crippen LogP contribution < -0.4 is 0 Å². The number of hydrogen-bond acceptors (Lipinski definition) is 2. The molecule has 3 nitrogen and oxygen atoms in total. The number of nitrogens with zero attached hydrogens (tertiary/aromatic N) is 1. The third-order valence-electron chi connectivity index (χ3n) is 3.04. The molecule has 1 saturated carbocycles. The molecule has 1 fully saturated rings. The van der Waals surface area contributed by atoms with E-state index in [1.807, 2.05) is 0 Å². The highest BCUT2D eigenvalue weighted by atomic mass is 19.1. The molecule has 98 valence electrons. The normalized spacial score (nSPS) is 14.6. The van der Waals surface area contributed by atoms with Crippen LogP contribution in [0.5, 0.6) is 0 Å². The Balaban J connectivity index is 2.10. The van der Waals surface area contributed by atoms with Crippen molar-refractivity contribution < 1.29 is 18.7 Å². The lowest BCUT2D eigenvalue weighted by molar-refractivity contribution is -0.131. The van der Waals surface area contributed by atoms with Gasteiger partial charge in [-0.1, -0.05) is 6.07 Å².